The molecule has 1 amide bonds. The van der Waals surface area contributed by atoms with E-state index in [0.29, 0.717) is 19.8 Å². The van der Waals surface area contributed by atoms with Crippen LogP contribution in [0.5, 0.6) is 0 Å². The lowest BCUT2D eigenvalue weighted by Gasteiger charge is -2.37. The summed E-state index contributed by atoms with van der Waals surface area (Å²) in [4.78, 5) is 14.1. The Balaban J connectivity index is 1.77. The number of carbonyl (C=O) groups excluding carboxylic acids is 1. The molecule has 2 aliphatic rings. The molecule has 1 saturated carbocycles. The summed E-state index contributed by atoms with van der Waals surface area (Å²) in [6.45, 7) is 9.36. The van der Waals surface area contributed by atoms with E-state index >= 15 is 0 Å². The average Bonchev–Trinajstić information content (AvgIpc) is 2.47. The van der Waals surface area contributed by atoms with Crippen LogP contribution in [0.1, 0.15) is 52.9 Å². The number of nitrogens with one attached hydrogen (secondary N) is 1. The van der Waals surface area contributed by atoms with Gasteiger partial charge in [-0.05, 0) is 46.1 Å². The van der Waals surface area contributed by atoms with Crippen molar-refractivity contribution in [3.63, 3.8) is 0 Å². The van der Waals surface area contributed by atoms with Gasteiger partial charge in [-0.25, -0.2) is 4.79 Å². The first-order valence-electron chi connectivity index (χ1n) is 8.74. The van der Waals surface area contributed by atoms with Gasteiger partial charge in [0.15, 0.2) is 0 Å². The fourth-order valence-electron chi connectivity index (χ4n) is 3.23. The van der Waals surface area contributed by atoms with Crippen LogP contribution in [0.3, 0.4) is 0 Å². The highest BCUT2D eigenvalue weighted by Gasteiger charge is 2.30. The summed E-state index contributed by atoms with van der Waals surface area (Å²) < 4.78 is 11.1. The number of ether oxygens (including phenoxy) is 2. The van der Waals surface area contributed by atoms with Crippen LogP contribution < -0.4 is 5.32 Å². The molecular weight excluding hydrogens is 280 g/mol. The lowest BCUT2D eigenvalue weighted by atomic mass is 9.89. The Morgan fingerprint density at radius 1 is 1.23 bits per heavy atom. The highest BCUT2D eigenvalue weighted by atomic mass is 16.6. The van der Waals surface area contributed by atoms with Gasteiger partial charge in [0.2, 0.25) is 0 Å². The summed E-state index contributed by atoms with van der Waals surface area (Å²) in [6.07, 6.45) is 6.57. The van der Waals surface area contributed by atoms with Crippen LogP contribution in [-0.2, 0) is 9.47 Å². The lowest BCUT2D eigenvalue weighted by Crippen LogP contribution is -2.54. The number of nitrogens with zero attached hydrogens (tertiary/aromatic N) is 1. The van der Waals surface area contributed by atoms with E-state index in [9.17, 15) is 4.79 Å². The number of hydrogen-bond donors (Lipinski definition) is 1. The molecule has 0 spiro atoms. The van der Waals surface area contributed by atoms with Crippen LogP contribution in [0.2, 0.25) is 0 Å². The van der Waals surface area contributed by atoms with Crippen molar-refractivity contribution in [1.82, 2.24) is 10.2 Å². The van der Waals surface area contributed by atoms with Gasteiger partial charge in [0.05, 0.1) is 19.3 Å². The molecule has 1 aliphatic heterocycles. The second-order valence-electron chi connectivity index (χ2n) is 7.56. The number of amides is 1. The Morgan fingerprint density at radius 3 is 2.64 bits per heavy atom. The number of rotatable bonds is 4. The monoisotopic (exact) mass is 312 g/mol. The number of morpholine rings is 1. The summed E-state index contributed by atoms with van der Waals surface area (Å²) in [5, 5.41) is 3.54. The molecule has 0 radical (unpaired) electrons. The molecule has 2 rings (SSSR count). The van der Waals surface area contributed by atoms with E-state index in [-0.39, 0.29) is 12.1 Å². The fourth-order valence-corrected chi connectivity index (χ4v) is 3.23. The van der Waals surface area contributed by atoms with Gasteiger partial charge in [-0.2, -0.15) is 0 Å². The first kappa shape index (κ1) is 17.5. The van der Waals surface area contributed by atoms with Gasteiger partial charge in [0.1, 0.15) is 5.60 Å². The SMILES string of the molecule is CC(C)(C)OC(=O)N1CCOCC1CNCC1CCCCC1. The van der Waals surface area contributed by atoms with E-state index in [4.69, 9.17) is 9.47 Å². The van der Waals surface area contributed by atoms with Gasteiger partial charge in [0, 0.05) is 13.1 Å². The molecule has 0 aromatic rings. The summed E-state index contributed by atoms with van der Waals surface area (Å²) in [7, 11) is 0. The van der Waals surface area contributed by atoms with Crippen LogP contribution in [0.15, 0.2) is 0 Å². The fraction of sp³-hybridized carbons (Fsp3) is 0.941. The van der Waals surface area contributed by atoms with Crippen molar-refractivity contribution in [1.29, 1.82) is 0 Å². The van der Waals surface area contributed by atoms with E-state index in [2.05, 4.69) is 5.32 Å². The number of hydrogen-bond acceptors (Lipinski definition) is 4. The smallest absolute Gasteiger partial charge is 0.410 e. The highest BCUT2D eigenvalue weighted by Crippen LogP contribution is 2.22. The Morgan fingerprint density at radius 2 is 1.95 bits per heavy atom. The molecule has 2 fully saturated rings. The van der Waals surface area contributed by atoms with Gasteiger partial charge >= 0.3 is 6.09 Å². The summed E-state index contributed by atoms with van der Waals surface area (Å²) >= 11 is 0. The van der Waals surface area contributed by atoms with E-state index in [1.54, 1.807) is 0 Å². The van der Waals surface area contributed by atoms with E-state index in [0.717, 1.165) is 19.0 Å². The zero-order valence-corrected chi connectivity index (χ0v) is 14.4. The Hall–Kier alpha value is -0.810. The molecule has 1 atom stereocenters. The first-order valence-corrected chi connectivity index (χ1v) is 8.74. The molecule has 22 heavy (non-hydrogen) atoms. The maximum atomic E-state index is 12.3. The van der Waals surface area contributed by atoms with Crippen LogP contribution in [-0.4, -0.2) is 55.5 Å². The van der Waals surface area contributed by atoms with Crippen molar-refractivity contribution in [3.05, 3.63) is 0 Å². The van der Waals surface area contributed by atoms with Crippen LogP contribution in [0, 0.1) is 5.92 Å². The summed E-state index contributed by atoms with van der Waals surface area (Å²) in [6, 6.07) is 0.0761. The van der Waals surface area contributed by atoms with Gasteiger partial charge in [-0.1, -0.05) is 19.3 Å². The van der Waals surface area contributed by atoms with Crippen molar-refractivity contribution in [2.45, 2.75) is 64.5 Å². The molecule has 128 valence electrons. The second kappa shape index (κ2) is 8.16. The maximum absolute atomic E-state index is 12.3. The molecule has 1 unspecified atom stereocenters. The molecule has 0 bridgehead atoms. The Bertz CT molecular complexity index is 348. The maximum Gasteiger partial charge on any atom is 0.410 e. The highest BCUT2D eigenvalue weighted by molar-refractivity contribution is 5.68. The quantitative estimate of drug-likeness (QED) is 0.867. The third-order valence-corrected chi connectivity index (χ3v) is 4.39. The number of carbonyl (C=O) groups is 1. The molecule has 1 heterocycles. The zero-order chi connectivity index (χ0) is 16.0. The van der Waals surface area contributed by atoms with E-state index < -0.39 is 5.60 Å². The normalized spacial score (nSPS) is 24.3. The second-order valence-corrected chi connectivity index (χ2v) is 7.56. The van der Waals surface area contributed by atoms with Crippen LogP contribution >= 0.6 is 0 Å². The molecule has 5 heteroatoms. The third-order valence-electron chi connectivity index (χ3n) is 4.39. The lowest BCUT2D eigenvalue weighted by molar-refractivity contribution is -0.0318. The largest absolute Gasteiger partial charge is 0.444 e. The van der Waals surface area contributed by atoms with Gasteiger partial charge in [-0.3, -0.25) is 4.90 Å². The minimum atomic E-state index is -0.449. The molecule has 0 aromatic carbocycles. The zero-order valence-electron chi connectivity index (χ0n) is 14.4. The molecule has 5 nitrogen and oxygen atoms in total. The van der Waals surface area contributed by atoms with Crippen molar-refractivity contribution < 1.29 is 14.3 Å². The standard InChI is InChI=1S/C17H32N2O3/c1-17(2,3)22-16(20)19-9-10-21-13-15(19)12-18-11-14-7-5-4-6-8-14/h14-15,18H,4-13H2,1-3H3. The average molecular weight is 312 g/mol. The summed E-state index contributed by atoms with van der Waals surface area (Å²) in [5.74, 6) is 0.799. The molecule has 1 N–H and O–H groups in total. The van der Waals surface area contributed by atoms with Crippen molar-refractivity contribution >= 4 is 6.09 Å². The minimum Gasteiger partial charge on any atom is -0.444 e. The van der Waals surface area contributed by atoms with Gasteiger partial charge in [0.25, 0.3) is 0 Å². The topological polar surface area (TPSA) is 50.8 Å². The molecule has 1 saturated heterocycles. The van der Waals surface area contributed by atoms with Crippen molar-refractivity contribution in [2.24, 2.45) is 5.92 Å². The predicted octanol–water partition coefficient (Wildman–Crippen LogP) is 2.79. The van der Waals surface area contributed by atoms with Gasteiger partial charge in [-0.15, -0.1) is 0 Å². The van der Waals surface area contributed by atoms with E-state index in [1.165, 1.54) is 32.1 Å². The van der Waals surface area contributed by atoms with Crippen molar-refractivity contribution in [3.8, 4) is 0 Å². The van der Waals surface area contributed by atoms with Gasteiger partial charge < -0.3 is 14.8 Å². The van der Waals surface area contributed by atoms with Crippen molar-refractivity contribution in [2.75, 3.05) is 32.8 Å². The van der Waals surface area contributed by atoms with Crippen LogP contribution in [0.4, 0.5) is 4.79 Å². The Labute approximate surface area is 134 Å². The molecule has 1 aliphatic carbocycles. The minimum absolute atomic E-state index is 0.0761. The van der Waals surface area contributed by atoms with E-state index in [1.807, 2.05) is 25.7 Å². The summed E-state index contributed by atoms with van der Waals surface area (Å²) in [5.41, 5.74) is -0.449. The first-order chi connectivity index (χ1) is 10.5. The Kier molecular flexibility index (Phi) is 6.50. The molecule has 0 aromatic heterocycles. The molecular formula is C17H32N2O3. The third kappa shape index (κ3) is 5.76. The predicted molar refractivity (Wildman–Crippen MR) is 87.0 cm³/mol. The van der Waals surface area contributed by atoms with Crippen LogP contribution in [0.25, 0.3) is 0 Å².